The number of carbonyl (C=O) groups excluding carboxylic acids is 1. The number of halogens is 1. The summed E-state index contributed by atoms with van der Waals surface area (Å²) in [6.45, 7) is 4.31. The Kier molecular flexibility index (Phi) is 3.57. The van der Waals surface area contributed by atoms with Gasteiger partial charge in [-0.1, -0.05) is 41.9 Å². The van der Waals surface area contributed by atoms with Crippen LogP contribution >= 0.6 is 15.9 Å². The normalized spacial score (nSPS) is 28.2. The van der Waals surface area contributed by atoms with Gasteiger partial charge in [0.15, 0.2) is 0 Å². The third-order valence-electron chi connectivity index (χ3n) is 3.94. The number of nitrogens with one attached hydrogen (secondary N) is 1. The summed E-state index contributed by atoms with van der Waals surface area (Å²) in [5.74, 6) is 0.182. The van der Waals surface area contributed by atoms with Crippen molar-refractivity contribution in [1.29, 1.82) is 0 Å². The summed E-state index contributed by atoms with van der Waals surface area (Å²) in [6.07, 6.45) is 2.59. The van der Waals surface area contributed by atoms with Gasteiger partial charge < -0.3 is 5.32 Å². The van der Waals surface area contributed by atoms with Gasteiger partial charge in [-0.25, -0.2) is 0 Å². The van der Waals surface area contributed by atoms with Crippen LogP contribution in [0.25, 0.3) is 0 Å². The average molecular weight is 296 g/mol. The summed E-state index contributed by atoms with van der Waals surface area (Å²) < 4.78 is 1.08. The van der Waals surface area contributed by atoms with Crippen LogP contribution in [0.1, 0.15) is 38.7 Å². The van der Waals surface area contributed by atoms with Crippen LogP contribution in [0.15, 0.2) is 28.7 Å². The number of hydrogen-bond acceptors (Lipinski definition) is 1. The van der Waals surface area contributed by atoms with Crippen LogP contribution in [-0.2, 0) is 10.2 Å². The first-order chi connectivity index (χ1) is 8.12. The highest BCUT2D eigenvalue weighted by Gasteiger charge is 2.45. The fraction of sp³-hybridized carbons (Fsp3) is 0.500. The molecule has 1 aromatic rings. The molecule has 17 heavy (non-hydrogen) atoms. The summed E-state index contributed by atoms with van der Waals surface area (Å²) >= 11 is 3.46. The van der Waals surface area contributed by atoms with Crippen molar-refractivity contribution in [2.75, 3.05) is 0 Å². The molecule has 1 aliphatic rings. The zero-order valence-corrected chi connectivity index (χ0v) is 11.9. The van der Waals surface area contributed by atoms with Gasteiger partial charge >= 0.3 is 0 Å². The van der Waals surface area contributed by atoms with Crippen LogP contribution < -0.4 is 5.32 Å². The van der Waals surface area contributed by atoms with E-state index in [1.165, 1.54) is 5.56 Å². The molecule has 0 spiro atoms. The molecule has 1 saturated heterocycles. The maximum absolute atomic E-state index is 11.7. The predicted molar refractivity (Wildman–Crippen MR) is 72.9 cm³/mol. The summed E-state index contributed by atoms with van der Waals surface area (Å²) in [7, 11) is 0. The largest absolute Gasteiger partial charge is 0.352 e. The molecular formula is C14H18BrNO. The van der Waals surface area contributed by atoms with Crippen LogP contribution in [-0.4, -0.2) is 11.9 Å². The Morgan fingerprint density at radius 2 is 2.00 bits per heavy atom. The van der Waals surface area contributed by atoms with Crippen LogP contribution in [0, 0.1) is 0 Å². The van der Waals surface area contributed by atoms with Crippen molar-refractivity contribution < 1.29 is 4.79 Å². The number of amides is 1. The Balaban J connectivity index is 2.42. The van der Waals surface area contributed by atoms with Gasteiger partial charge in [0.05, 0.1) is 0 Å². The first-order valence-electron chi connectivity index (χ1n) is 6.17. The Morgan fingerprint density at radius 1 is 1.35 bits per heavy atom. The molecule has 2 unspecified atom stereocenters. The summed E-state index contributed by atoms with van der Waals surface area (Å²) in [6, 6.07) is 8.65. The highest BCUT2D eigenvalue weighted by Crippen LogP contribution is 2.40. The third kappa shape index (κ3) is 2.13. The fourth-order valence-corrected chi connectivity index (χ4v) is 3.21. The molecule has 92 valence electrons. The van der Waals surface area contributed by atoms with Crippen molar-refractivity contribution in [3.63, 3.8) is 0 Å². The standard InChI is InChI=1S/C14H18BrNO/c1-3-12-14(4-2,9-13(17)16-12)10-5-7-11(15)8-6-10/h5-8,12H,3-4,9H2,1-2H3,(H,16,17). The van der Waals surface area contributed by atoms with Crippen molar-refractivity contribution in [3.8, 4) is 0 Å². The minimum absolute atomic E-state index is 0.0213. The zero-order chi connectivity index (χ0) is 12.5. The molecule has 3 heteroatoms. The Morgan fingerprint density at radius 3 is 2.53 bits per heavy atom. The van der Waals surface area contributed by atoms with Crippen molar-refractivity contribution in [3.05, 3.63) is 34.3 Å². The zero-order valence-electron chi connectivity index (χ0n) is 10.3. The lowest BCUT2D eigenvalue weighted by molar-refractivity contribution is -0.119. The van der Waals surface area contributed by atoms with Gasteiger partial charge in [-0.3, -0.25) is 4.79 Å². The fourth-order valence-electron chi connectivity index (χ4n) is 2.95. The quantitative estimate of drug-likeness (QED) is 0.910. The minimum Gasteiger partial charge on any atom is -0.352 e. The van der Waals surface area contributed by atoms with E-state index in [4.69, 9.17) is 0 Å². The lowest BCUT2D eigenvalue weighted by atomic mass is 9.71. The summed E-state index contributed by atoms with van der Waals surface area (Å²) in [5.41, 5.74) is 1.25. The molecule has 1 amide bonds. The molecule has 0 radical (unpaired) electrons. The molecule has 0 bridgehead atoms. The second kappa shape index (κ2) is 4.81. The molecule has 1 heterocycles. The number of carbonyl (C=O) groups is 1. The lowest BCUT2D eigenvalue weighted by Gasteiger charge is -2.33. The van der Waals surface area contributed by atoms with Crippen LogP contribution in [0.2, 0.25) is 0 Å². The van der Waals surface area contributed by atoms with Crippen LogP contribution in [0.4, 0.5) is 0 Å². The van der Waals surface area contributed by atoms with E-state index < -0.39 is 0 Å². The van der Waals surface area contributed by atoms with E-state index in [9.17, 15) is 4.79 Å². The highest BCUT2D eigenvalue weighted by atomic mass is 79.9. The highest BCUT2D eigenvalue weighted by molar-refractivity contribution is 9.10. The maximum atomic E-state index is 11.7. The van der Waals surface area contributed by atoms with Gasteiger partial charge in [0.2, 0.25) is 5.91 Å². The van der Waals surface area contributed by atoms with Crippen LogP contribution in [0.5, 0.6) is 0 Å². The molecule has 2 nitrogen and oxygen atoms in total. The van der Waals surface area contributed by atoms with Crippen molar-refractivity contribution in [1.82, 2.24) is 5.32 Å². The van der Waals surface area contributed by atoms with Crippen LogP contribution in [0.3, 0.4) is 0 Å². The van der Waals surface area contributed by atoms with Gasteiger partial charge in [-0.15, -0.1) is 0 Å². The SMILES string of the molecule is CCC1NC(=O)CC1(CC)c1ccc(Br)cc1. The molecule has 0 saturated carbocycles. The van der Waals surface area contributed by atoms with E-state index in [1.54, 1.807) is 0 Å². The topological polar surface area (TPSA) is 29.1 Å². The molecule has 0 aliphatic carbocycles. The Hall–Kier alpha value is -0.830. The smallest absolute Gasteiger partial charge is 0.221 e. The third-order valence-corrected chi connectivity index (χ3v) is 4.47. The van der Waals surface area contributed by atoms with Crippen molar-refractivity contribution in [2.24, 2.45) is 0 Å². The molecule has 2 atom stereocenters. The van der Waals surface area contributed by atoms with Crippen molar-refractivity contribution >= 4 is 21.8 Å². The van der Waals surface area contributed by atoms with E-state index in [0.717, 1.165) is 17.3 Å². The lowest BCUT2D eigenvalue weighted by Crippen LogP contribution is -2.39. The molecule has 1 fully saturated rings. The van der Waals surface area contributed by atoms with Gasteiger partial charge in [0.1, 0.15) is 0 Å². The molecule has 2 rings (SSSR count). The molecule has 0 aromatic heterocycles. The summed E-state index contributed by atoms with van der Waals surface area (Å²) in [4.78, 5) is 11.7. The molecule has 1 aromatic carbocycles. The number of rotatable bonds is 3. The van der Waals surface area contributed by atoms with E-state index >= 15 is 0 Å². The first kappa shape index (κ1) is 12.6. The van der Waals surface area contributed by atoms with E-state index in [0.29, 0.717) is 6.42 Å². The predicted octanol–water partition coefficient (Wildman–Crippen LogP) is 3.40. The van der Waals surface area contributed by atoms with E-state index in [2.05, 4.69) is 59.4 Å². The van der Waals surface area contributed by atoms with Gasteiger partial charge in [-0.2, -0.15) is 0 Å². The molecular weight excluding hydrogens is 278 g/mol. The van der Waals surface area contributed by atoms with Gasteiger partial charge in [-0.05, 0) is 30.5 Å². The first-order valence-corrected chi connectivity index (χ1v) is 6.97. The van der Waals surface area contributed by atoms with Gasteiger partial charge in [0, 0.05) is 22.4 Å². The second-order valence-electron chi connectivity index (χ2n) is 4.72. The number of benzene rings is 1. The molecule has 1 aliphatic heterocycles. The Bertz CT molecular complexity index is 415. The average Bonchev–Trinajstić information content (AvgIpc) is 2.67. The van der Waals surface area contributed by atoms with Gasteiger partial charge in [0.25, 0.3) is 0 Å². The molecule has 1 N–H and O–H groups in total. The monoisotopic (exact) mass is 295 g/mol. The summed E-state index contributed by atoms with van der Waals surface area (Å²) in [5, 5.41) is 3.11. The van der Waals surface area contributed by atoms with E-state index in [1.807, 2.05) is 0 Å². The number of hydrogen-bond donors (Lipinski definition) is 1. The maximum Gasteiger partial charge on any atom is 0.221 e. The van der Waals surface area contributed by atoms with Crippen molar-refractivity contribution in [2.45, 2.75) is 44.6 Å². The van der Waals surface area contributed by atoms with E-state index in [-0.39, 0.29) is 17.4 Å². The second-order valence-corrected chi connectivity index (χ2v) is 5.64. The Labute approximate surface area is 111 Å². The minimum atomic E-state index is -0.0213.